The number of amides is 1. The first-order valence-corrected chi connectivity index (χ1v) is 7.67. The molecule has 1 aliphatic carbocycles. The van der Waals surface area contributed by atoms with E-state index in [0.717, 1.165) is 26.1 Å². The molecule has 1 heterocycles. The first kappa shape index (κ1) is 13.9. The van der Waals surface area contributed by atoms with Gasteiger partial charge in [0.15, 0.2) is 0 Å². The van der Waals surface area contributed by atoms with Crippen LogP contribution in [0.5, 0.6) is 0 Å². The minimum absolute atomic E-state index is 0.347. The second kappa shape index (κ2) is 6.55. The summed E-state index contributed by atoms with van der Waals surface area (Å²) < 4.78 is 0. The summed E-state index contributed by atoms with van der Waals surface area (Å²) in [5, 5.41) is 3.44. The van der Waals surface area contributed by atoms with E-state index in [9.17, 15) is 4.79 Å². The molecule has 0 aromatic rings. The van der Waals surface area contributed by atoms with Gasteiger partial charge in [-0.25, -0.2) is 0 Å². The van der Waals surface area contributed by atoms with Gasteiger partial charge in [0.05, 0.1) is 0 Å². The molecule has 0 spiro atoms. The average molecular weight is 252 g/mol. The Labute approximate surface area is 111 Å². The average Bonchev–Trinajstić information content (AvgIpc) is 2.31. The van der Waals surface area contributed by atoms with Crippen molar-refractivity contribution in [1.82, 2.24) is 10.2 Å². The van der Waals surface area contributed by atoms with Crippen LogP contribution in [0.25, 0.3) is 0 Å². The summed E-state index contributed by atoms with van der Waals surface area (Å²) in [6.45, 7) is 7.48. The smallest absolute Gasteiger partial charge is 0.223 e. The number of hydrogen-bond donors (Lipinski definition) is 1. The van der Waals surface area contributed by atoms with Crippen LogP contribution in [0.2, 0.25) is 0 Å². The number of piperidine rings is 1. The van der Waals surface area contributed by atoms with E-state index in [0.29, 0.717) is 23.8 Å². The molecule has 0 radical (unpaired) electrons. The highest BCUT2D eigenvalue weighted by atomic mass is 16.2. The van der Waals surface area contributed by atoms with Crippen molar-refractivity contribution in [2.75, 3.05) is 19.6 Å². The van der Waals surface area contributed by atoms with Crippen molar-refractivity contribution in [2.45, 2.75) is 58.4 Å². The van der Waals surface area contributed by atoms with E-state index in [1.165, 1.54) is 32.1 Å². The molecule has 18 heavy (non-hydrogen) atoms. The molecule has 0 aromatic heterocycles. The molecular formula is C15H28N2O. The third-order valence-corrected chi connectivity index (χ3v) is 4.49. The molecule has 1 atom stereocenters. The molecule has 104 valence electrons. The molecule has 3 nitrogen and oxygen atoms in total. The van der Waals surface area contributed by atoms with E-state index in [2.05, 4.69) is 24.1 Å². The van der Waals surface area contributed by atoms with E-state index in [-0.39, 0.29) is 0 Å². The fraction of sp³-hybridized carbons (Fsp3) is 0.933. The maximum atomic E-state index is 12.4. The summed E-state index contributed by atoms with van der Waals surface area (Å²) in [5.74, 6) is 1.73. The second-order valence-corrected chi connectivity index (χ2v) is 6.35. The zero-order valence-corrected chi connectivity index (χ0v) is 12.0. The molecule has 1 unspecified atom stereocenters. The summed E-state index contributed by atoms with van der Waals surface area (Å²) in [5.41, 5.74) is 0. The summed E-state index contributed by atoms with van der Waals surface area (Å²) >= 11 is 0. The van der Waals surface area contributed by atoms with E-state index in [1.54, 1.807) is 0 Å². The number of carbonyl (C=O) groups excluding carboxylic acids is 1. The van der Waals surface area contributed by atoms with Gasteiger partial charge < -0.3 is 10.2 Å². The molecular weight excluding hydrogens is 224 g/mol. The van der Waals surface area contributed by atoms with Crippen LogP contribution in [0.1, 0.15) is 52.4 Å². The Bertz CT molecular complexity index is 268. The van der Waals surface area contributed by atoms with Gasteiger partial charge in [-0.2, -0.15) is 0 Å². The predicted octanol–water partition coefficient (Wildman–Crippen LogP) is 2.41. The van der Waals surface area contributed by atoms with Crippen molar-refractivity contribution >= 4 is 5.91 Å². The van der Waals surface area contributed by atoms with Gasteiger partial charge in [-0.15, -0.1) is 0 Å². The fourth-order valence-corrected chi connectivity index (χ4v) is 3.02. The highest BCUT2D eigenvalue weighted by molar-refractivity contribution is 5.76. The predicted molar refractivity (Wildman–Crippen MR) is 74.4 cm³/mol. The number of carbonyl (C=O) groups is 1. The van der Waals surface area contributed by atoms with Crippen LogP contribution in [0.15, 0.2) is 0 Å². The van der Waals surface area contributed by atoms with E-state index in [1.807, 2.05) is 0 Å². The zero-order valence-electron chi connectivity index (χ0n) is 12.0. The summed E-state index contributed by atoms with van der Waals surface area (Å²) in [7, 11) is 0. The van der Waals surface area contributed by atoms with Gasteiger partial charge in [0.2, 0.25) is 5.91 Å². The normalized spacial score (nSPS) is 24.9. The van der Waals surface area contributed by atoms with Gasteiger partial charge in [0, 0.05) is 19.0 Å². The molecule has 1 N–H and O–H groups in total. The summed E-state index contributed by atoms with van der Waals surface area (Å²) in [6.07, 6.45) is 7.18. The van der Waals surface area contributed by atoms with E-state index < -0.39 is 0 Å². The lowest BCUT2D eigenvalue weighted by atomic mass is 9.82. The van der Waals surface area contributed by atoms with Crippen molar-refractivity contribution in [3.05, 3.63) is 0 Å². The topological polar surface area (TPSA) is 32.3 Å². The molecule has 0 bridgehead atoms. The first-order chi connectivity index (χ1) is 8.66. The Kier molecular flexibility index (Phi) is 5.04. The molecule has 2 fully saturated rings. The monoisotopic (exact) mass is 252 g/mol. The van der Waals surface area contributed by atoms with E-state index >= 15 is 0 Å². The van der Waals surface area contributed by atoms with Crippen LogP contribution in [0, 0.1) is 11.8 Å². The lowest BCUT2D eigenvalue weighted by molar-refractivity contribution is -0.135. The van der Waals surface area contributed by atoms with E-state index in [4.69, 9.17) is 0 Å². The fourth-order valence-electron chi connectivity index (χ4n) is 3.02. The highest BCUT2D eigenvalue weighted by Gasteiger charge is 2.27. The SMILES string of the molecule is CC(C)N(CC1CCCNC1)C(=O)CC1CCC1. The lowest BCUT2D eigenvalue weighted by Gasteiger charge is -2.35. The Balaban J connectivity index is 1.83. The zero-order chi connectivity index (χ0) is 13.0. The number of hydrogen-bond acceptors (Lipinski definition) is 2. The second-order valence-electron chi connectivity index (χ2n) is 6.35. The molecule has 1 amide bonds. The van der Waals surface area contributed by atoms with Gasteiger partial charge in [-0.1, -0.05) is 6.42 Å². The maximum Gasteiger partial charge on any atom is 0.223 e. The van der Waals surface area contributed by atoms with Crippen molar-refractivity contribution in [3.8, 4) is 0 Å². The Hall–Kier alpha value is -0.570. The van der Waals surface area contributed by atoms with Crippen LogP contribution in [-0.2, 0) is 4.79 Å². The Morgan fingerprint density at radius 1 is 1.22 bits per heavy atom. The Morgan fingerprint density at radius 2 is 1.94 bits per heavy atom. The first-order valence-electron chi connectivity index (χ1n) is 7.67. The minimum Gasteiger partial charge on any atom is -0.340 e. The quantitative estimate of drug-likeness (QED) is 0.815. The van der Waals surface area contributed by atoms with Gasteiger partial charge >= 0.3 is 0 Å². The molecule has 1 aliphatic heterocycles. The van der Waals surface area contributed by atoms with Gasteiger partial charge in [-0.3, -0.25) is 4.79 Å². The van der Waals surface area contributed by atoms with Crippen molar-refractivity contribution in [3.63, 3.8) is 0 Å². The standard InChI is InChI=1S/C15H28N2O/c1-12(2)17(11-14-7-4-8-16-10-14)15(18)9-13-5-3-6-13/h12-14,16H,3-11H2,1-2H3. The molecule has 2 rings (SSSR count). The van der Waals surface area contributed by atoms with Crippen molar-refractivity contribution in [2.24, 2.45) is 11.8 Å². The largest absolute Gasteiger partial charge is 0.340 e. The molecule has 1 saturated heterocycles. The van der Waals surface area contributed by atoms with Crippen LogP contribution >= 0.6 is 0 Å². The Morgan fingerprint density at radius 3 is 2.44 bits per heavy atom. The minimum atomic E-state index is 0.347. The van der Waals surface area contributed by atoms with Gasteiger partial charge in [-0.05, 0) is 64.5 Å². The van der Waals surface area contributed by atoms with Crippen molar-refractivity contribution < 1.29 is 4.79 Å². The number of rotatable bonds is 5. The van der Waals surface area contributed by atoms with Gasteiger partial charge in [0.25, 0.3) is 0 Å². The summed E-state index contributed by atoms with van der Waals surface area (Å²) in [4.78, 5) is 14.5. The molecule has 2 aliphatic rings. The van der Waals surface area contributed by atoms with Gasteiger partial charge in [0.1, 0.15) is 0 Å². The third kappa shape index (κ3) is 3.71. The molecule has 3 heteroatoms. The maximum absolute atomic E-state index is 12.4. The molecule has 0 aromatic carbocycles. The summed E-state index contributed by atoms with van der Waals surface area (Å²) in [6, 6.07) is 0.347. The van der Waals surface area contributed by atoms with Crippen LogP contribution in [-0.4, -0.2) is 36.5 Å². The van der Waals surface area contributed by atoms with Crippen LogP contribution < -0.4 is 5.32 Å². The lowest BCUT2D eigenvalue weighted by Crippen LogP contribution is -2.45. The number of nitrogens with zero attached hydrogens (tertiary/aromatic N) is 1. The van der Waals surface area contributed by atoms with Crippen LogP contribution in [0.3, 0.4) is 0 Å². The third-order valence-electron chi connectivity index (χ3n) is 4.49. The van der Waals surface area contributed by atoms with Crippen LogP contribution in [0.4, 0.5) is 0 Å². The number of nitrogens with one attached hydrogen (secondary N) is 1. The highest BCUT2D eigenvalue weighted by Crippen LogP contribution is 2.30. The van der Waals surface area contributed by atoms with Crippen molar-refractivity contribution in [1.29, 1.82) is 0 Å². The molecule has 1 saturated carbocycles.